The van der Waals surface area contributed by atoms with Crippen LogP contribution in [0.4, 0.5) is 4.79 Å². The Labute approximate surface area is 89.4 Å². The van der Waals surface area contributed by atoms with E-state index in [-0.39, 0.29) is 12.1 Å². The number of alkyl carbamates (subject to hydrolysis) is 1. The van der Waals surface area contributed by atoms with Crippen LogP contribution in [0, 0.1) is 0 Å². The van der Waals surface area contributed by atoms with Gasteiger partial charge in [-0.3, -0.25) is 0 Å². The summed E-state index contributed by atoms with van der Waals surface area (Å²) < 4.78 is 4.85. The summed E-state index contributed by atoms with van der Waals surface area (Å²) in [6.07, 6.45) is -0.326. The molecule has 3 nitrogen and oxygen atoms in total. The Bertz CT molecular complexity index is 356. The van der Waals surface area contributed by atoms with E-state index in [1.54, 1.807) is 0 Å². The summed E-state index contributed by atoms with van der Waals surface area (Å²) in [5.41, 5.74) is 2.41. The predicted octanol–water partition coefficient (Wildman–Crippen LogP) is 2.59. The van der Waals surface area contributed by atoms with Crippen molar-refractivity contribution in [3.63, 3.8) is 0 Å². The van der Waals surface area contributed by atoms with E-state index in [2.05, 4.69) is 43.4 Å². The second-order valence-corrected chi connectivity index (χ2v) is 4.12. The van der Waals surface area contributed by atoms with Gasteiger partial charge < -0.3 is 10.1 Å². The zero-order valence-corrected chi connectivity index (χ0v) is 8.99. The average Bonchev–Trinajstić information content (AvgIpc) is 2.65. The molecule has 1 aromatic rings. The van der Waals surface area contributed by atoms with Crippen LogP contribution in [-0.4, -0.2) is 12.7 Å². The van der Waals surface area contributed by atoms with Crippen molar-refractivity contribution in [2.75, 3.05) is 6.61 Å². The number of carbonyl (C=O) groups is 1. The van der Waals surface area contributed by atoms with Crippen LogP contribution in [0.3, 0.4) is 0 Å². The molecule has 2 rings (SSSR count). The van der Waals surface area contributed by atoms with Gasteiger partial charge >= 0.3 is 6.09 Å². The second kappa shape index (κ2) is 3.93. The van der Waals surface area contributed by atoms with Crippen LogP contribution in [0.15, 0.2) is 24.3 Å². The van der Waals surface area contributed by atoms with E-state index in [1.807, 2.05) is 0 Å². The maximum Gasteiger partial charge on any atom is 0.407 e. The molecule has 0 spiro atoms. The Kier molecular flexibility index (Phi) is 2.62. The smallest absolute Gasteiger partial charge is 0.407 e. The minimum atomic E-state index is -0.326. The van der Waals surface area contributed by atoms with Crippen molar-refractivity contribution in [2.45, 2.75) is 25.8 Å². The molecule has 0 aromatic heterocycles. The van der Waals surface area contributed by atoms with Crippen LogP contribution < -0.4 is 5.32 Å². The third-order valence-electron chi connectivity index (χ3n) is 2.68. The quantitative estimate of drug-likeness (QED) is 0.805. The summed E-state index contributed by atoms with van der Waals surface area (Å²) in [5, 5.41) is 2.76. The molecular weight excluding hydrogens is 190 g/mol. The van der Waals surface area contributed by atoms with Gasteiger partial charge in [-0.25, -0.2) is 4.79 Å². The molecule has 1 heterocycles. The highest BCUT2D eigenvalue weighted by molar-refractivity contribution is 5.70. The normalized spacial score (nSPS) is 20.2. The fourth-order valence-corrected chi connectivity index (χ4v) is 1.68. The number of rotatable bonds is 2. The van der Waals surface area contributed by atoms with E-state index in [1.165, 1.54) is 5.56 Å². The minimum absolute atomic E-state index is 0.0127. The first-order valence-electron chi connectivity index (χ1n) is 5.20. The maximum atomic E-state index is 10.9. The standard InChI is InChI=1S/C12H15NO2/c1-8(2)9-3-5-10(6-4-9)11-7-15-12(14)13-11/h3-6,8,11H,7H2,1-2H3,(H,13,14)/t11-/m0/s1. The van der Waals surface area contributed by atoms with Crippen molar-refractivity contribution in [1.82, 2.24) is 5.32 Å². The molecule has 0 aliphatic carbocycles. The molecule has 1 amide bonds. The van der Waals surface area contributed by atoms with E-state index in [0.29, 0.717) is 12.5 Å². The molecule has 3 heteroatoms. The Morgan fingerprint density at radius 1 is 1.33 bits per heavy atom. The van der Waals surface area contributed by atoms with E-state index in [0.717, 1.165) is 5.56 Å². The molecule has 1 saturated heterocycles. The van der Waals surface area contributed by atoms with Gasteiger partial charge in [-0.15, -0.1) is 0 Å². The van der Waals surface area contributed by atoms with Crippen molar-refractivity contribution in [3.05, 3.63) is 35.4 Å². The highest BCUT2D eigenvalue weighted by Crippen LogP contribution is 2.21. The summed E-state index contributed by atoms with van der Waals surface area (Å²) >= 11 is 0. The van der Waals surface area contributed by atoms with Gasteiger partial charge in [-0.05, 0) is 17.0 Å². The van der Waals surface area contributed by atoms with Gasteiger partial charge in [0.05, 0.1) is 6.04 Å². The molecule has 1 atom stereocenters. The molecule has 0 saturated carbocycles. The number of amides is 1. The van der Waals surface area contributed by atoms with E-state index >= 15 is 0 Å². The van der Waals surface area contributed by atoms with Crippen molar-refractivity contribution in [1.29, 1.82) is 0 Å². The summed E-state index contributed by atoms with van der Waals surface area (Å²) in [5.74, 6) is 0.536. The SMILES string of the molecule is CC(C)c1ccc([C@@H]2COC(=O)N2)cc1. The fourth-order valence-electron chi connectivity index (χ4n) is 1.68. The second-order valence-electron chi connectivity index (χ2n) is 4.12. The molecule has 0 unspecified atom stereocenters. The molecule has 1 N–H and O–H groups in total. The van der Waals surface area contributed by atoms with E-state index in [4.69, 9.17) is 4.74 Å². The number of hydrogen-bond donors (Lipinski definition) is 1. The molecule has 1 aliphatic heterocycles. The monoisotopic (exact) mass is 205 g/mol. The average molecular weight is 205 g/mol. The highest BCUT2D eigenvalue weighted by Gasteiger charge is 2.23. The lowest BCUT2D eigenvalue weighted by molar-refractivity contribution is 0.177. The largest absolute Gasteiger partial charge is 0.447 e. The van der Waals surface area contributed by atoms with Crippen LogP contribution >= 0.6 is 0 Å². The van der Waals surface area contributed by atoms with Crippen LogP contribution in [0.5, 0.6) is 0 Å². The van der Waals surface area contributed by atoms with Crippen LogP contribution in [0.1, 0.15) is 36.9 Å². The van der Waals surface area contributed by atoms with Gasteiger partial charge in [0, 0.05) is 0 Å². The number of hydrogen-bond acceptors (Lipinski definition) is 2. The van der Waals surface area contributed by atoms with Gasteiger partial charge in [0.1, 0.15) is 6.61 Å². The third kappa shape index (κ3) is 2.12. The summed E-state index contributed by atoms with van der Waals surface area (Å²) in [7, 11) is 0. The molecule has 0 bridgehead atoms. The van der Waals surface area contributed by atoms with Crippen LogP contribution in [0.25, 0.3) is 0 Å². The van der Waals surface area contributed by atoms with Crippen molar-refractivity contribution < 1.29 is 9.53 Å². The first kappa shape index (κ1) is 10.0. The number of ether oxygens (including phenoxy) is 1. The fraction of sp³-hybridized carbons (Fsp3) is 0.417. The molecule has 1 fully saturated rings. The first-order chi connectivity index (χ1) is 7.16. The van der Waals surface area contributed by atoms with Crippen molar-refractivity contribution in [3.8, 4) is 0 Å². The summed E-state index contributed by atoms with van der Waals surface area (Å²) in [6.45, 7) is 4.75. The third-order valence-corrected chi connectivity index (χ3v) is 2.68. The summed E-state index contributed by atoms with van der Waals surface area (Å²) in [4.78, 5) is 10.9. The van der Waals surface area contributed by atoms with Gasteiger partial charge in [0.25, 0.3) is 0 Å². The van der Waals surface area contributed by atoms with Crippen LogP contribution in [0.2, 0.25) is 0 Å². The van der Waals surface area contributed by atoms with Gasteiger partial charge in [0.15, 0.2) is 0 Å². The highest BCUT2D eigenvalue weighted by atomic mass is 16.6. The molecule has 1 aromatic carbocycles. The zero-order valence-electron chi connectivity index (χ0n) is 8.99. The molecule has 80 valence electrons. The first-order valence-corrected chi connectivity index (χ1v) is 5.20. The number of carbonyl (C=O) groups excluding carboxylic acids is 1. The Hall–Kier alpha value is -1.51. The van der Waals surface area contributed by atoms with E-state index in [9.17, 15) is 4.79 Å². The van der Waals surface area contributed by atoms with Crippen molar-refractivity contribution >= 4 is 6.09 Å². The lowest BCUT2D eigenvalue weighted by Gasteiger charge is -2.10. The summed E-state index contributed by atoms with van der Waals surface area (Å²) in [6, 6.07) is 8.32. The van der Waals surface area contributed by atoms with Gasteiger partial charge in [0.2, 0.25) is 0 Å². The Morgan fingerprint density at radius 2 is 2.00 bits per heavy atom. The molecule has 0 radical (unpaired) electrons. The van der Waals surface area contributed by atoms with Gasteiger partial charge in [-0.2, -0.15) is 0 Å². The van der Waals surface area contributed by atoms with E-state index < -0.39 is 0 Å². The predicted molar refractivity (Wildman–Crippen MR) is 57.8 cm³/mol. The van der Waals surface area contributed by atoms with Crippen LogP contribution in [-0.2, 0) is 4.74 Å². The maximum absolute atomic E-state index is 10.9. The minimum Gasteiger partial charge on any atom is -0.447 e. The Morgan fingerprint density at radius 3 is 2.47 bits per heavy atom. The van der Waals surface area contributed by atoms with Gasteiger partial charge in [-0.1, -0.05) is 38.1 Å². The lowest BCUT2D eigenvalue weighted by atomic mass is 9.99. The number of benzene rings is 1. The topological polar surface area (TPSA) is 38.3 Å². The zero-order chi connectivity index (χ0) is 10.8. The Balaban J connectivity index is 2.13. The van der Waals surface area contributed by atoms with Crippen molar-refractivity contribution in [2.24, 2.45) is 0 Å². The lowest BCUT2D eigenvalue weighted by Crippen LogP contribution is -2.18. The molecule has 1 aliphatic rings. The molecule has 15 heavy (non-hydrogen) atoms. The molecular formula is C12H15NO2. The number of cyclic esters (lactones) is 1. The number of nitrogens with one attached hydrogen (secondary N) is 1.